The van der Waals surface area contributed by atoms with Crippen LogP contribution in [0, 0.1) is 18.7 Å². The van der Waals surface area contributed by atoms with Crippen molar-refractivity contribution >= 4 is 29.3 Å². The molecule has 2 aliphatic rings. The van der Waals surface area contributed by atoms with Gasteiger partial charge in [0.05, 0.1) is 23.7 Å². The van der Waals surface area contributed by atoms with E-state index in [4.69, 9.17) is 10.5 Å². The van der Waals surface area contributed by atoms with E-state index in [-0.39, 0.29) is 29.9 Å². The van der Waals surface area contributed by atoms with Gasteiger partial charge in [0.15, 0.2) is 17.7 Å². The number of amides is 2. The van der Waals surface area contributed by atoms with Gasteiger partial charge >= 0.3 is 6.09 Å². The van der Waals surface area contributed by atoms with Gasteiger partial charge in [0.2, 0.25) is 0 Å². The maximum atomic E-state index is 15.1. The largest absolute Gasteiger partial charge is 0.434 e. The molecule has 2 heterocycles. The Balaban J connectivity index is 1.66. The van der Waals surface area contributed by atoms with Crippen LogP contribution >= 0.6 is 0 Å². The summed E-state index contributed by atoms with van der Waals surface area (Å²) in [6.45, 7) is 1.65. The molecular weight excluding hydrogens is 407 g/mol. The molecule has 1 aliphatic heterocycles. The van der Waals surface area contributed by atoms with Crippen LogP contribution < -0.4 is 10.6 Å². The third-order valence-electron chi connectivity index (χ3n) is 5.78. The van der Waals surface area contributed by atoms with Gasteiger partial charge in [0.25, 0.3) is 5.91 Å². The van der Waals surface area contributed by atoms with Gasteiger partial charge in [-0.1, -0.05) is 0 Å². The Morgan fingerprint density at radius 1 is 1.26 bits per heavy atom. The molecule has 1 aromatic heterocycles. The van der Waals surface area contributed by atoms with Gasteiger partial charge < -0.3 is 10.5 Å². The minimum absolute atomic E-state index is 0.138. The second-order valence-electron chi connectivity index (χ2n) is 7.81. The first-order valence-electron chi connectivity index (χ1n) is 9.86. The third-order valence-corrected chi connectivity index (χ3v) is 5.78. The Hall–Kier alpha value is -3.56. The molecule has 0 radical (unpaired) electrons. The van der Waals surface area contributed by atoms with E-state index in [0.29, 0.717) is 18.4 Å². The number of aryl methyl sites for hydroxylation is 3. The fourth-order valence-electron chi connectivity index (χ4n) is 4.01. The molecule has 0 bridgehead atoms. The van der Waals surface area contributed by atoms with E-state index in [1.165, 1.54) is 6.07 Å². The van der Waals surface area contributed by atoms with Crippen molar-refractivity contribution in [3.05, 3.63) is 46.5 Å². The molecule has 0 spiro atoms. The quantitative estimate of drug-likeness (QED) is 0.449. The number of cyclic esters (lactones) is 1. The Morgan fingerprint density at radius 3 is 2.61 bits per heavy atom. The summed E-state index contributed by atoms with van der Waals surface area (Å²) in [5.41, 5.74) is 6.56. The number of ether oxygens (including phenoxy) is 1. The van der Waals surface area contributed by atoms with Gasteiger partial charge in [-0.15, -0.1) is 0 Å². The molecule has 9 nitrogen and oxygen atoms in total. The lowest BCUT2D eigenvalue weighted by atomic mass is 9.89. The molecule has 4 rings (SSSR count). The summed E-state index contributed by atoms with van der Waals surface area (Å²) in [7, 11) is 1.70. The highest BCUT2D eigenvalue weighted by Crippen LogP contribution is 2.33. The summed E-state index contributed by atoms with van der Waals surface area (Å²) >= 11 is 0. The molecular formula is C21H21FN4O5. The topological polar surface area (TPSA) is 125 Å². The Morgan fingerprint density at radius 2 is 2.00 bits per heavy atom. The van der Waals surface area contributed by atoms with Crippen molar-refractivity contribution in [2.75, 3.05) is 11.4 Å². The third kappa shape index (κ3) is 3.58. The monoisotopic (exact) mass is 428 g/mol. The van der Waals surface area contributed by atoms with E-state index in [0.717, 1.165) is 16.7 Å². The molecule has 0 unspecified atom stereocenters. The van der Waals surface area contributed by atoms with E-state index in [1.54, 1.807) is 24.7 Å². The first-order chi connectivity index (χ1) is 14.7. The van der Waals surface area contributed by atoms with Crippen LogP contribution in [0.25, 0.3) is 0 Å². The summed E-state index contributed by atoms with van der Waals surface area (Å²) in [6.07, 6.45) is -0.829. The van der Waals surface area contributed by atoms with Crippen molar-refractivity contribution in [3.63, 3.8) is 0 Å². The molecule has 1 aliphatic carbocycles. The number of nitrogens with two attached hydrogens (primary N) is 1. The number of anilines is 1. The van der Waals surface area contributed by atoms with Crippen LogP contribution in [0.3, 0.4) is 0 Å². The van der Waals surface area contributed by atoms with Gasteiger partial charge in [0, 0.05) is 12.7 Å². The van der Waals surface area contributed by atoms with Crippen molar-refractivity contribution in [1.29, 1.82) is 0 Å². The first-order valence-corrected chi connectivity index (χ1v) is 9.86. The fourth-order valence-corrected chi connectivity index (χ4v) is 4.01. The van der Waals surface area contributed by atoms with E-state index in [1.807, 2.05) is 0 Å². The number of halogens is 1. The lowest BCUT2D eigenvalue weighted by Crippen LogP contribution is -2.32. The van der Waals surface area contributed by atoms with Gasteiger partial charge in [0.1, 0.15) is 11.5 Å². The molecule has 10 heteroatoms. The number of hydrogen-bond donors (Lipinski definition) is 1. The lowest BCUT2D eigenvalue weighted by molar-refractivity contribution is -0.124. The normalized spacial score (nSPS) is 20.9. The summed E-state index contributed by atoms with van der Waals surface area (Å²) in [6, 6.07) is 4.17. The van der Waals surface area contributed by atoms with Crippen LogP contribution in [-0.2, 0) is 23.0 Å². The van der Waals surface area contributed by atoms with Gasteiger partial charge in [-0.25, -0.2) is 9.18 Å². The summed E-state index contributed by atoms with van der Waals surface area (Å²) in [5, 5.41) is 4.15. The number of hydrogen-bond acceptors (Lipinski definition) is 6. The molecule has 2 N–H and O–H groups in total. The van der Waals surface area contributed by atoms with Crippen LogP contribution in [0.4, 0.5) is 14.9 Å². The highest BCUT2D eigenvalue weighted by molar-refractivity contribution is 6.16. The standard InChI is InChI=1S/C21H21FN4O5/c1-10-6-15(24-25(10)2)18(27)13-5-3-4-11-7-12(8-14(22)17(11)19(13)28)26-9-16(20(23)29)31-21(26)30/h6-8,13,16H,3-5,9H2,1-2H3,(H2,23,29)/t13-,16-/m0/s1. The molecule has 2 amide bonds. The van der Waals surface area contributed by atoms with E-state index in [2.05, 4.69) is 5.10 Å². The van der Waals surface area contributed by atoms with Crippen LogP contribution in [0.1, 0.15) is 44.9 Å². The maximum Gasteiger partial charge on any atom is 0.415 e. The zero-order valence-corrected chi connectivity index (χ0v) is 17.1. The Bertz CT molecular complexity index is 1110. The van der Waals surface area contributed by atoms with Gasteiger partial charge in [-0.05, 0) is 49.9 Å². The number of primary amides is 1. The number of Topliss-reactive ketones (excluding diaryl/α,β-unsaturated/α-hetero) is 2. The van der Waals surface area contributed by atoms with Gasteiger partial charge in [-0.2, -0.15) is 5.10 Å². The zero-order chi connectivity index (χ0) is 22.4. The smallest absolute Gasteiger partial charge is 0.415 e. The molecule has 2 atom stereocenters. The number of carbonyl (C=O) groups is 4. The molecule has 1 fully saturated rings. The molecule has 1 aromatic carbocycles. The second-order valence-corrected chi connectivity index (χ2v) is 7.81. The van der Waals surface area contributed by atoms with Crippen molar-refractivity contribution in [3.8, 4) is 0 Å². The lowest BCUT2D eigenvalue weighted by Gasteiger charge is -2.17. The molecule has 2 aromatic rings. The van der Waals surface area contributed by atoms with Crippen LogP contribution in [0.15, 0.2) is 18.2 Å². The number of nitrogens with zero attached hydrogens (tertiary/aromatic N) is 3. The summed E-state index contributed by atoms with van der Waals surface area (Å²) in [5.74, 6) is -3.68. The number of ketones is 2. The van der Waals surface area contributed by atoms with Crippen LogP contribution in [0.5, 0.6) is 0 Å². The number of carbonyl (C=O) groups excluding carboxylic acids is 4. The van der Waals surface area contributed by atoms with Crippen molar-refractivity contribution < 1.29 is 28.3 Å². The highest BCUT2D eigenvalue weighted by Gasteiger charge is 2.38. The number of benzene rings is 1. The van der Waals surface area contributed by atoms with Gasteiger partial charge in [-0.3, -0.25) is 24.0 Å². The van der Waals surface area contributed by atoms with E-state index < -0.39 is 41.4 Å². The van der Waals surface area contributed by atoms with Crippen molar-refractivity contribution in [2.45, 2.75) is 32.3 Å². The highest BCUT2D eigenvalue weighted by atomic mass is 19.1. The minimum Gasteiger partial charge on any atom is -0.434 e. The van der Waals surface area contributed by atoms with Crippen molar-refractivity contribution in [2.24, 2.45) is 18.7 Å². The Kier molecular flexibility index (Phi) is 5.08. The Labute approximate surface area is 176 Å². The number of rotatable bonds is 4. The minimum atomic E-state index is -1.13. The van der Waals surface area contributed by atoms with Crippen LogP contribution in [0.2, 0.25) is 0 Å². The fraction of sp³-hybridized carbons (Fsp3) is 0.381. The second kappa shape index (κ2) is 7.60. The van der Waals surface area contributed by atoms with E-state index in [9.17, 15) is 19.2 Å². The van der Waals surface area contributed by atoms with Crippen LogP contribution in [-0.4, -0.2) is 46.0 Å². The number of aromatic nitrogens is 2. The average Bonchev–Trinajstić information content (AvgIpc) is 3.21. The predicted molar refractivity (Wildman–Crippen MR) is 106 cm³/mol. The first kappa shape index (κ1) is 20.7. The summed E-state index contributed by atoms with van der Waals surface area (Å²) in [4.78, 5) is 50.6. The maximum absolute atomic E-state index is 15.1. The zero-order valence-electron chi connectivity index (χ0n) is 17.1. The predicted octanol–water partition coefficient (Wildman–Crippen LogP) is 1.70. The molecule has 162 valence electrons. The number of fused-ring (bicyclic) bond motifs is 1. The molecule has 0 saturated carbocycles. The molecule has 31 heavy (non-hydrogen) atoms. The molecule has 1 saturated heterocycles. The summed E-state index contributed by atoms with van der Waals surface area (Å²) < 4.78 is 21.5. The van der Waals surface area contributed by atoms with E-state index >= 15 is 4.39 Å². The average molecular weight is 428 g/mol. The van der Waals surface area contributed by atoms with Crippen molar-refractivity contribution in [1.82, 2.24) is 9.78 Å². The SMILES string of the molecule is Cc1cc(C(=O)[C@@H]2CCCc3cc(N4C[C@@H](C(N)=O)OC4=O)cc(F)c3C2=O)nn1C.